The minimum absolute atomic E-state index is 0.112. The van der Waals surface area contributed by atoms with E-state index in [4.69, 9.17) is 5.73 Å². The third kappa shape index (κ3) is 4.26. The van der Waals surface area contributed by atoms with Crippen molar-refractivity contribution < 1.29 is 4.79 Å². The molecule has 114 valence electrons. The predicted molar refractivity (Wildman–Crippen MR) is 84.2 cm³/mol. The molecule has 0 saturated heterocycles. The number of carbonyl (C=O) groups excluding carboxylic acids is 1. The number of carbonyl (C=O) groups is 1. The van der Waals surface area contributed by atoms with Crippen LogP contribution in [0.2, 0.25) is 0 Å². The van der Waals surface area contributed by atoms with Gasteiger partial charge in [-0.1, -0.05) is 18.7 Å². The number of thioether (sulfide) groups is 1. The number of nitrogens with two attached hydrogens (primary N) is 1. The monoisotopic (exact) mass is 326 g/mol. The molecular formula is C12H18N6OS2. The second-order valence-electron chi connectivity index (χ2n) is 4.37. The van der Waals surface area contributed by atoms with Gasteiger partial charge in [0.25, 0.3) is 0 Å². The summed E-state index contributed by atoms with van der Waals surface area (Å²) in [6, 6.07) is 0. The highest BCUT2D eigenvalue weighted by Crippen LogP contribution is 2.24. The van der Waals surface area contributed by atoms with Gasteiger partial charge < -0.3 is 15.6 Å². The summed E-state index contributed by atoms with van der Waals surface area (Å²) >= 11 is 2.99. The van der Waals surface area contributed by atoms with Crippen LogP contribution in [0.5, 0.6) is 0 Å². The van der Waals surface area contributed by atoms with Crippen LogP contribution < -0.4 is 11.1 Å². The van der Waals surface area contributed by atoms with Crippen LogP contribution in [-0.2, 0) is 23.6 Å². The van der Waals surface area contributed by atoms with E-state index in [1.54, 1.807) is 11.8 Å². The fourth-order valence-electron chi connectivity index (χ4n) is 1.74. The van der Waals surface area contributed by atoms with E-state index in [9.17, 15) is 4.79 Å². The molecule has 0 aromatic carbocycles. The van der Waals surface area contributed by atoms with E-state index in [-0.39, 0.29) is 5.91 Å². The number of amides is 1. The van der Waals surface area contributed by atoms with Crippen LogP contribution in [0.1, 0.15) is 31.8 Å². The van der Waals surface area contributed by atoms with Crippen molar-refractivity contribution in [3.8, 4) is 0 Å². The highest BCUT2D eigenvalue weighted by atomic mass is 32.2. The largest absolute Gasteiger partial charge is 0.324 e. The van der Waals surface area contributed by atoms with E-state index < -0.39 is 0 Å². The van der Waals surface area contributed by atoms with Crippen LogP contribution in [0.3, 0.4) is 0 Å². The first kappa shape index (κ1) is 15.9. The summed E-state index contributed by atoms with van der Waals surface area (Å²) in [5.41, 5.74) is 6.58. The van der Waals surface area contributed by atoms with Gasteiger partial charge in [-0.05, 0) is 6.42 Å². The summed E-state index contributed by atoms with van der Waals surface area (Å²) in [6.07, 6.45) is 1.00. The van der Waals surface area contributed by atoms with Crippen molar-refractivity contribution in [3.63, 3.8) is 0 Å². The molecule has 0 radical (unpaired) electrons. The Labute approximate surface area is 131 Å². The fourth-order valence-corrected chi connectivity index (χ4v) is 3.48. The van der Waals surface area contributed by atoms with Crippen LogP contribution in [0.4, 0.5) is 5.13 Å². The summed E-state index contributed by atoms with van der Waals surface area (Å²) in [4.78, 5) is 15.3. The Bertz CT molecular complexity index is 609. The number of anilines is 1. The molecule has 2 rings (SSSR count). The second kappa shape index (κ2) is 7.53. The maximum absolute atomic E-state index is 11.0. The van der Waals surface area contributed by atoms with E-state index in [0.717, 1.165) is 29.6 Å². The molecule has 0 aliphatic rings. The lowest BCUT2D eigenvalue weighted by Gasteiger charge is -2.06. The number of rotatable bonds is 7. The molecule has 21 heavy (non-hydrogen) atoms. The molecule has 2 heterocycles. The molecule has 3 N–H and O–H groups in total. The Balaban J connectivity index is 2.01. The molecule has 0 atom stereocenters. The molecule has 0 unspecified atom stereocenters. The molecule has 0 spiro atoms. The molecular weight excluding hydrogens is 308 g/mol. The zero-order valence-electron chi connectivity index (χ0n) is 12.0. The third-order valence-corrected chi connectivity index (χ3v) is 4.41. The summed E-state index contributed by atoms with van der Waals surface area (Å²) in [5.74, 6) is 1.37. The van der Waals surface area contributed by atoms with Crippen molar-refractivity contribution in [1.82, 2.24) is 19.7 Å². The predicted octanol–water partition coefficient (Wildman–Crippen LogP) is 1.85. The molecule has 0 fully saturated rings. The molecule has 1 amide bonds. The van der Waals surface area contributed by atoms with Gasteiger partial charge >= 0.3 is 0 Å². The van der Waals surface area contributed by atoms with E-state index in [1.165, 1.54) is 18.3 Å². The van der Waals surface area contributed by atoms with Crippen molar-refractivity contribution in [2.75, 3.05) is 5.32 Å². The summed E-state index contributed by atoms with van der Waals surface area (Å²) in [7, 11) is 0. The van der Waals surface area contributed by atoms with Crippen LogP contribution in [0.25, 0.3) is 0 Å². The van der Waals surface area contributed by atoms with Crippen LogP contribution in [0.15, 0.2) is 10.5 Å². The Morgan fingerprint density at radius 1 is 1.52 bits per heavy atom. The lowest BCUT2D eigenvalue weighted by Crippen LogP contribution is -2.09. The Hall–Kier alpha value is -1.45. The average Bonchev–Trinajstić information content (AvgIpc) is 3.03. The molecule has 0 saturated carbocycles. The lowest BCUT2D eigenvalue weighted by atomic mass is 10.4. The topological polar surface area (TPSA) is 98.7 Å². The molecule has 2 aromatic rings. The van der Waals surface area contributed by atoms with Crippen LogP contribution in [0, 0.1) is 0 Å². The van der Waals surface area contributed by atoms with Crippen molar-refractivity contribution in [2.45, 2.75) is 44.3 Å². The van der Waals surface area contributed by atoms with Gasteiger partial charge in [-0.3, -0.25) is 4.79 Å². The van der Waals surface area contributed by atoms with Gasteiger partial charge in [0.1, 0.15) is 5.82 Å². The highest BCUT2D eigenvalue weighted by molar-refractivity contribution is 7.98. The van der Waals surface area contributed by atoms with Crippen LogP contribution >= 0.6 is 23.1 Å². The Morgan fingerprint density at radius 2 is 2.33 bits per heavy atom. The van der Waals surface area contributed by atoms with Crippen molar-refractivity contribution >= 4 is 34.1 Å². The lowest BCUT2D eigenvalue weighted by molar-refractivity contribution is -0.114. The fraction of sp³-hybridized carbons (Fsp3) is 0.500. The number of nitrogens with one attached hydrogen (secondary N) is 1. The van der Waals surface area contributed by atoms with Gasteiger partial charge in [0.15, 0.2) is 10.3 Å². The number of thiazole rings is 1. The first-order valence-corrected chi connectivity index (χ1v) is 8.47. The zero-order valence-corrected chi connectivity index (χ0v) is 13.6. The van der Waals surface area contributed by atoms with Crippen molar-refractivity contribution in [1.29, 1.82) is 0 Å². The van der Waals surface area contributed by atoms with E-state index in [1.807, 2.05) is 9.95 Å². The minimum Gasteiger partial charge on any atom is -0.324 e. The SMILES string of the molecule is CCCn1c(CN)nnc1SCc1csc(NC(C)=O)n1. The summed E-state index contributed by atoms with van der Waals surface area (Å²) < 4.78 is 2.05. The summed E-state index contributed by atoms with van der Waals surface area (Å²) in [6.45, 7) is 4.82. The van der Waals surface area contributed by atoms with Crippen molar-refractivity contribution in [2.24, 2.45) is 5.73 Å². The third-order valence-electron chi connectivity index (χ3n) is 2.61. The standard InChI is InChI=1S/C12H18N6OS2/c1-3-4-18-10(5-13)16-17-12(18)21-7-9-6-20-11(15-9)14-8(2)19/h6H,3-5,7,13H2,1-2H3,(H,14,15,19). The molecule has 2 aromatic heterocycles. The first-order chi connectivity index (χ1) is 10.1. The van der Waals surface area contributed by atoms with Crippen molar-refractivity contribution in [3.05, 3.63) is 16.9 Å². The Kier molecular flexibility index (Phi) is 5.71. The zero-order chi connectivity index (χ0) is 15.2. The van der Waals surface area contributed by atoms with Gasteiger partial charge in [-0.2, -0.15) is 0 Å². The van der Waals surface area contributed by atoms with Gasteiger partial charge in [0, 0.05) is 24.6 Å². The molecule has 0 bridgehead atoms. The maximum Gasteiger partial charge on any atom is 0.223 e. The number of aromatic nitrogens is 4. The second-order valence-corrected chi connectivity index (χ2v) is 6.17. The van der Waals surface area contributed by atoms with Crippen LogP contribution in [-0.4, -0.2) is 25.7 Å². The molecule has 9 heteroatoms. The first-order valence-electron chi connectivity index (χ1n) is 6.61. The molecule has 0 aliphatic carbocycles. The molecule has 7 nitrogen and oxygen atoms in total. The normalized spacial score (nSPS) is 10.8. The van der Waals surface area contributed by atoms with Gasteiger partial charge in [-0.25, -0.2) is 4.98 Å². The Morgan fingerprint density at radius 3 is 3.00 bits per heavy atom. The average molecular weight is 326 g/mol. The number of nitrogens with zero attached hydrogens (tertiary/aromatic N) is 4. The van der Waals surface area contributed by atoms with Gasteiger partial charge in [0.2, 0.25) is 5.91 Å². The van der Waals surface area contributed by atoms with Gasteiger partial charge in [0.05, 0.1) is 12.2 Å². The minimum atomic E-state index is -0.112. The maximum atomic E-state index is 11.0. The number of hydrogen-bond acceptors (Lipinski definition) is 7. The quantitative estimate of drug-likeness (QED) is 0.754. The highest BCUT2D eigenvalue weighted by Gasteiger charge is 2.12. The van der Waals surface area contributed by atoms with E-state index in [0.29, 0.717) is 17.4 Å². The van der Waals surface area contributed by atoms with E-state index >= 15 is 0 Å². The van der Waals surface area contributed by atoms with E-state index in [2.05, 4.69) is 27.4 Å². The number of hydrogen-bond donors (Lipinski definition) is 2. The summed E-state index contributed by atoms with van der Waals surface area (Å²) in [5, 5.41) is 14.4. The smallest absolute Gasteiger partial charge is 0.223 e. The molecule has 0 aliphatic heterocycles. The van der Waals surface area contributed by atoms with Gasteiger partial charge in [-0.15, -0.1) is 21.5 Å².